The van der Waals surface area contributed by atoms with E-state index in [9.17, 15) is 14.7 Å². The van der Waals surface area contributed by atoms with Gasteiger partial charge in [-0.3, -0.25) is 29.5 Å². The molecule has 2 N–H and O–H groups in total. The van der Waals surface area contributed by atoms with Gasteiger partial charge in [0.15, 0.2) is 11.5 Å². The normalized spacial score (nSPS) is 26.1. The topological polar surface area (TPSA) is 138 Å². The Morgan fingerprint density at radius 3 is 2.20 bits per heavy atom. The summed E-state index contributed by atoms with van der Waals surface area (Å²) in [6.07, 6.45) is 2.27. The molecule has 3 heterocycles. The predicted molar refractivity (Wildman–Crippen MR) is 233 cm³/mol. The number of amides is 4. The van der Waals surface area contributed by atoms with Gasteiger partial charge in [-0.25, -0.2) is 0 Å². The Kier molecular flexibility index (Phi) is 10.7. The number of fused-ring (bicyclic) bond motifs is 4. The Balaban J connectivity index is 1.21. The fourth-order valence-electron chi connectivity index (χ4n) is 10.1. The number of imide groups is 2. The van der Waals surface area contributed by atoms with E-state index in [2.05, 4.69) is 42.2 Å². The van der Waals surface area contributed by atoms with E-state index >= 15 is 9.59 Å². The van der Waals surface area contributed by atoms with Crippen molar-refractivity contribution in [3.05, 3.63) is 115 Å². The molecule has 60 heavy (non-hydrogen) atoms. The van der Waals surface area contributed by atoms with E-state index in [1.165, 1.54) is 25.2 Å². The molecule has 2 aliphatic carbocycles. The number of ether oxygens (including phenoxy) is 3. The van der Waals surface area contributed by atoms with Crippen molar-refractivity contribution in [2.24, 2.45) is 23.7 Å². The molecule has 9 rings (SSSR count). The smallest absolute Gasteiger partial charge is 0.260 e. The Morgan fingerprint density at radius 1 is 0.833 bits per heavy atom. The molecule has 12 nitrogen and oxygen atoms in total. The van der Waals surface area contributed by atoms with Gasteiger partial charge in [-0.15, -0.1) is 0 Å². The van der Waals surface area contributed by atoms with E-state index < -0.39 is 46.8 Å². The van der Waals surface area contributed by atoms with Gasteiger partial charge in [0, 0.05) is 34.2 Å². The Morgan fingerprint density at radius 2 is 1.53 bits per heavy atom. The van der Waals surface area contributed by atoms with Crippen LogP contribution in [-0.2, 0) is 29.3 Å². The highest BCUT2D eigenvalue weighted by Crippen LogP contribution is 2.66. The van der Waals surface area contributed by atoms with Crippen molar-refractivity contribution in [1.82, 2.24) is 5.01 Å². The SMILES string of the molecule is COc1ccc([C@@]23C(=O)N(Nc4ccc(Cl)cc4Cl)C(=O)[C@@H]2C[C@@H]2C(=CC[C@@H]4C(=O)N(c5ccc(N6CCOCC6)cc5)C(=O)[C@@H]42)[C@@H]3c2cc(OC)c(O)c(Br)c2Br)cc1. The first-order valence-electron chi connectivity index (χ1n) is 19.4. The van der Waals surface area contributed by atoms with Crippen LogP contribution in [0.2, 0.25) is 10.0 Å². The van der Waals surface area contributed by atoms with Gasteiger partial charge < -0.3 is 24.2 Å². The second-order valence-electron chi connectivity index (χ2n) is 15.5. The highest BCUT2D eigenvalue weighted by molar-refractivity contribution is 9.13. The number of benzene rings is 4. The van der Waals surface area contributed by atoms with Crippen LogP contribution in [0.4, 0.5) is 17.1 Å². The zero-order chi connectivity index (χ0) is 42.2. The van der Waals surface area contributed by atoms with E-state index in [-0.39, 0.29) is 51.3 Å². The summed E-state index contributed by atoms with van der Waals surface area (Å²) < 4.78 is 17.4. The summed E-state index contributed by atoms with van der Waals surface area (Å²) >= 11 is 20.1. The number of carbonyl (C=O) groups excluding carboxylic acids is 4. The van der Waals surface area contributed by atoms with E-state index in [0.717, 1.165) is 29.4 Å². The number of morpholine rings is 1. The van der Waals surface area contributed by atoms with Crippen LogP contribution < -0.4 is 24.7 Å². The quantitative estimate of drug-likeness (QED) is 0.131. The lowest BCUT2D eigenvalue weighted by atomic mass is 9.49. The minimum Gasteiger partial charge on any atom is -0.503 e. The standard InChI is InChI=1S/C44H38Br2Cl2N4O8/c1-58-26-10-3-22(4-11-26)44-31(41(55)52(43(44)57)49-33-14-5-23(47)19-32(33)48)20-29-27(36(44)30-21-34(59-2)39(53)38(46)37(30)45)12-13-28-35(29)42(56)51(40(28)54)25-8-6-24(7-9-25)50-15-17-60-18-16-50/h3-12,14,19,21,28-29,31,35-36,49,53H,13,15-18,20H2,1-2H3/t28-,29+,31-,35-,36+,44+/m0/s1. The van der Waals surface area contributed by atoms with Gasteiger partial charge in [0.1, 0.15) is 5.75 Å². The maximum Gasteiger partial charge on any atom is 0.260 e. The Labute approximate surface area is 372 Å². The third-order valence-corrected chi connectivity index (χ3v) is 15.5. The number of hydrogen-bond acceptors (Lipinski definition) is 10. The van der Waals surface area contributed by atoms with Crippen molar-refractivity contribution in [2.75, 3.05) is 55.7 Å². The molecule has 310 valence electrons. The number of phenols is 1. The molecule has 4 aromatic rings. The number of carbonyl (C=O) groups is 4. The lowest BCUT2D eigenvalue weighted by Gasteiger charge is -2.51. The van der Waals surface area contributed by atoms with Crippen molar-refractivity contribution in [2.45, 2.75) is 24.2 Å². The van der Waals surface area contributed by atoms with Gasteiger partial charge in [0.05, 0.1) is 71.5 Å². The highest BCUT2D eigenvalue weighted by Gasteiger charge is 2.70. The van der Waals surface area contributed by atoms with Crippen molar-refractivity contribution >= 4 is 95.8 Å². The minimum atomic E-state index is -1.63. The number of rotatable bonds is 8. The molecule has 0 aromatic heterocycles. The summed E-state index contributed by atoms with van der Waals surface area (Å²) in [5, 5.41) is 12.7. The summed E-state index contributed by atoms with van der Waals surface area (Å²) in [6, 6.07) is 20.8. The van der Waals surface area contributed by atoms with Crippen molar-refractivity contribution < 1.29 is 38.5 Å². The lowest BCUT2D eigenvalue weighted by molar-refractivity contribution is -0.138. The average Bonchev–Trinajstić information content (AvgIpc) is 3.64. The van der Waals surface area contributed by atoms with Gasteiger partial charge in [-0.2, -0.15) is 5.01 Å². The fraction of sp³-hybridized carbons (Fsp3) is 0.318. The molecule has 3 aliphatic heterocycles. The van der Waals surface area contributed by atoms with Gasteiger partial charge in [0.25, 0.3) is 11.8 Å². The summed E-state index contributed by atoms with van der Waals surface area (Å²) in [6.45, 7) is 2.71. The predicted octanol–water partition coefficient (Wildman–Crippen LogP) is 8.27. The molecule has 5 aliphatic rings. The monoisotopic (exact) mass is 978 g/mol. The number of aromatic hydroxyl groups is 1. The number of allylic oxidation sites excluding steroid dienone is 2. The number of phenolic OH excluding ortho intramolecular Hbond substituents is 1. The molecular weight excluding hydrogens is 943 g/mol. The van der Waals surface area contributed by atoms with Gasteiger partial charge in [-0.1, -0.05) is 47.0 Å². The first-order chi connectivity index (χ1) is 28.9. The third kappa shape index (κ3) is 6.23. The molecule has 0 bridgehead atoms. The van der Waals surface area contributed by atoms with Crippen LogP contribution in [0, 0.1) is 23.7 Å². The minimum absolute atomic E-state index is 0.0729. The molecule has 0 unspecified atom stereocenters. The van der Waals surface area contributed by atoms with Crippen molar-refractivity contribution in [3.8, 4) is 17.2 Å². The average molecular weight is 982 g/mol. The van der Waals surface area contributed by atoms with Gasteiger partial charge in [-0.05, 0) is 122 Å². The van der Waals surface area contributed by atoms with Crippen LogP contribution in [0.25, 0.3) is 0 Å². The van der Waals surface area contributed by atoms with E-state index in [4.69, 9.17) is 37.4 Å². The highest BCUT2D eigenvalue weighted by atomic mass is 79.9. The summed E-state index contributed by atoms with van der Waals surface area (Å²) in [7, 11) is 2.96. The number of hydrazine groups is 1. The number of nitrogens with one attached hydrogen (secondary N) is 1. The maximum atomic E-state index is 15.7. The maximum absolute atomic E-state index is 15.7. The lowest BCUT2D eigenvalue weighted by Crippen LogP contribution is -2.53. The second-order valence-corrected chi connectivity index (χ2v) is 17.9. The van der Waals surface area contributed by atoms with Gasteiger partial charge in [0.2, 0.25) is 11.8 Å². The summed E-state index contributed by atoms with van der Waals surface area (Å²) in [4.78, 5) is 63.6. The van der Waals surface area contributed by atoms with Crippen LogP contribution in [0.15, 0.2) is 93.4 Å². The largest absolute Gasteiger partial charge is 0.503 e. The molecule has 6 atom stereocenters. The fourth-order valence-corrected chi connectivity index (χ4v) is 11.5. The van der Waals surface area contributed by atoms with Crippen LogP contribution in [0.3, 0.4) is 0 Å². The molecule has 1 saturated carbocycles. The summed E-state index contributed by atoms with van der Waals surface area (Å²) in [5.41, 5.74) is 4.87. The van der Waals surface area contributed by atoms with Crippen LogP contribution in [0.1, 0.15) is 29.9 Å². The molecule has 4 fully saturated rings. The van der Waals surface area contributed by atoms with Gasteiger partial charge >= 0.3 is 0 Å². The number of methoxy groups -OCH3 is 2. The number of nitrogens with zero attached hydrogens (tertiary/aromatic N) is 3. The molecule has 0 radical (unpaired) electrons. The Bertz CT molecular complexity index is 2480. The third-order valence-electron chi connectivity index (χ3n) is 12.8. The molecule has 0 spiro atoms. The van der Waals surface area contributed by atoms with E-state index in [0.29, 0.717) is 45.3 Å². The zero-order valence-corrected chi connectivity index (χ0v) is 37.0. The zero-order valence-electron chi connectivity index (χ0n) is 32.3. The number of anilines is 3. The second kappa shape index (κ2) is 15.7. The summed E-state index contributed by atoms with van der Waals surface area (Å²) in [5.74, 6) is -5.43. The van der Waals surface area contributed by atoms with Crippen molar-refractivity contribution in [1.29, 1.82) is 0 Å². The molecule has 16 heteroatoms. The van der Waals surface area contributed by atoms with Crippen molar-refractivity contribution in [3.63, 3.8) is 0 Å². The van der Waals surface area contributed by atoms with Crippen LogP contribution in [-0.4, -0.2) is 74.3 Å². The van der Waals surface area contributed by atoms with E-state index in [1.807, 2.05) is 18.2 Å². The van der Waals surface area contributed by atoms with Crippen LogP contribution in [0.5, 0.6) is 17.2 Å². The molecule has 4 amide bonds. The number of halogens is 4. The molecular formula is C44H38Br2Cl2N4O8. The van der Waals surface area contributed by atoms with E-state index in [1.54, 1.807) is 54.6 Å². The number of hydrogen-bond donors (Lipinski definition) is 2. The van der Waals surface area contributed by atoms with Crippen LogP contribution >= 0.6 is 55.1 Å². The Hall–Kier alpha value is -4.60. The molecule has 4 aromatic carbocycles. The molecule has 3 saturated heterocycles. The first-order valence-corrected chi connectivity index (χ1v) is 21.7. The first kappa shape index (κ1) is 40.8.